The van der Waals surface area contributed by atoms with E-state index >= 15 is 0 Å². The number of rotatable bonds is 6. The fourth-order valence-corrected chi connectivity index (χ4v) is 2.10. The van der Waals surface area contributed by atoms with Crippen LogP contribution in [0.4, 0.5) is 0 Å². The molecule has 0 radical (unpaired) electrons. The molecule has 0 aliphatic carbocycles. The van der Waals surface area contributed by atoms with Crippen molar-refractivity contribution in [1.82, 2.24) is 15.5 Å². The third-order valence-corrected chi connectivity index (χ3v) is 3.33. The van der Waals surface area contributed by atoms with Gasteiger partial charge in [0.15, 0.2) is 0 Å². The van der Waals surface area contributed by atoms with Gasteiger partial charge in [0, 0.05) is 13.1 Å². The smallest absolute Gasteiger partial charge is 0.228 e. The van der Waals surface area contributed by atoms with Crippen LogP contribution >= 0.6 is 0 Å². The van der Waals surface area contributed by atoms with Crippen LogP contribution in [-0.4, -0.2) is 61.2 Å². The Bertz CT molecular complexity index is 320. The zero-order chi connectivity index (χ0) is 17.9. The van der Waals surface area contributed by atoms with Crippen molar-refractivity contribution in [1.29, 1.82) is 0 Å². The lowest BCUT2D eigenvalue weighted by Crippen LogP contribution is -2.66. The summed E-state index contributed by atoms with van der Waals surface area (Å²) in [6, 6.07) is -0.267. The highest BCUT2D eigenvalue weighted by Crippen LogP contribution is 2.25. The number of carbonyl (C=O) groups is 2. The second-order valence-corrected chi connectivity index (χ2v) is 5.18. The van der Waals surface area contributed by atoms with E-state index in [0.717, 1.165) is 6.54 Å². The van der Waals surface area contributed by atoms with Crippen molar-refractivity contribution in [2.45, 2.75) is 53.7 Å². The Morgan fingerprint density at radius 2 is 1.77 bits per heavy atom. The number of nitrogens with one attached hydrogen (secondary N) is 2. The van der Waals surface area contributed by atoms with Crippen molar-refractivity contribution in [3.05, 3.63) is 0 Å². The zero-order valence-electron chi connectivity index (χ0n) is 15.4. The number of aliphatic hydroxyl groups is 1. The van der Waals surface area contributed by atoms with Gasteiger partial charge in [0.1, 0.15) is 0 Å². The van der Waals surface area contributed by atoms with Gasteiger partial charge in [-0.15, -0.1) is 0 Å². The minimum absolute atomic E-state index is 0.0903. The van der Waals surface area contributed by atoms with Gasteiger partial charge in [0.25, 0.3) is 0 Å². The Morgan fingerprint density at radius 3 is 2.14 bits per heavy atom. The maximum atomic E-state index is 11.9. The largest absolute Gasteiger partial charge is 0.393 e. The normalized spacial score (nSPS) is 22.0. The average Bonchev–Trinajstić information content (AvgIpc) is 2.46. The molecule has 4 atom stereocenters. The highest BCUT2D eigenvalue weighted by molar-refractivity contribution is 5.90. The summed E-state index contributed by atoms with van der Waals surface area (Å²) >= 11 is 0. The van der Waals surface area contributed by atoms with E-state index in [9.17, 15) is 14.7 Å². The van der Waals surface area contributed by atoms with E-state index in [-0.39, 0.29) is 23.8 Å². The second-order valence-electron chi connectivity index (χ2n) is 5.18. The molecule has 0 aromatic heterocycles. The van der Waals surface area contributed by atoms with Gasteiger partial charge in [0.05, 0.1) is 24.0 Å². The lowest BCUT2D eigenvalue weighted by molar-refractivity contribution is -0.145. The third-order valence-electron chi connectivity index (χ3n) is 3.33. The van der Waals surface area contributed by atoms with Gasteiger partial charge in [-0.1, -0.05) is 34.6 Å². The fourth-order valence-electron chi connectivity index (χ4n) is 2.10. The predicted molar refractivity (Wildman–Crippen MR) is 90.5 cm³/mol. The number of nitrogens with zero attached hydrogens (tertiary/aromatic N) is 1. The SMILES string of the molecule is CC.CC.C[C@@H](O)[C@H]1C(=O)N[C@@H]1[C@@H](C)C(=O)NCCN(C)C. The second kappa shape index (κ2) is 12.4. The average molecular weight is 317 g/mol. The first-order valence-electron chi connectivity index (χ1n) is 8.25. The maximum absolute atomic E-state index is 11.9. The van der Waals surface area contributed by atoms with Gasteiger partial charge in [0.2, 0.25) is 11.8 Å². The molecule has 22 heavy (non-hydrogen) atoms. The molecule has 1 heterocycles. The topological polar surface area (TPSA) is 81.7 Å². The Balaban J connectivity index is 0. The molecule has 0 unspecified atom stereocenters. The number of aliphatic hydroxyl groups excluding tert-OH is 1. The Labute approximate surface area is 135 Å². The molecule has 1 fully saturated rings. The lowest BCUT2D eigenvalue weighted by Gasteiger charge is -2.41. The number of amides is 2. The van der Waals surface area contributed by atoms with Gasteiger partial charge in [-0.3, -0.25) is 9.59 Å². The van der Waals surface area contributed by atoms with Gasteiger partial charge >= 0.3 is 0 Å². The van der Waals surface area contributed by atoms with Crippen LogP contribution in [0.25, 0.3) is 0 Å². The summed E-state index contributed by atoms with van der Waals surface area (Å²) in [4.78, 5) is 25.2. The molecule has 0 aromatic carbocycles. The molecular weight excluding hydrogens is 282 g/mol. The quantitative estimate of drug-likeness (QED) is 0.634. The van der Waals surface area contributed by atoms with E-state index < -0.39 is 12.0 Å². The first kappa shape index (κ1) is 23.1. The Hall–Kier alpha value is -1.14. The highest BCUT2D eigenvalue weighted by atomic mass is 16.3. The molecule has 1 aliphatic heterocycles. The fraction of sp³-hybridized carbons (Fsp3) is 0.875. The molecule has 0 bridgehead atoms. The first-order valence-corrected chi connectivity index (χ1v) is 8.25. The summed E-state index contributed by atoms with van der Waals surface area (Å²) in [5.41, 5.74) is 0. The molecule has 1 aliphatic rings. The van der Waals surface area contributed by atoms with Crippen molar-refractivity contribution in [2.75, 3.05) is 27.2 Å². The lowest BCUT2D eigenvalue weighted by atomic mass is 9.78. The highest BCUT2D eigenvalue weighted by Gasteiger charge is 2.46. The standard InChI is InChI=1S/C12H23N3O3.2C2H6/c1-7(11(17)13-5-6-15(3)4)10-9(8(2)16)12(18)14-10;2*1-2/h7-10,16H,5-6H2,1-4H3,(H,13,17)(H,14,18);2*1-2H3/t7-,8-,9-,10-;;/m1../s1. The molecule has 6 heteroatoms. The molecular formula is C16H35N3O3. The van der Waals surface area contributed by atoms with Gasteiger partial charge in [-0.25, -0.2) is 0 Å². The molecule has 1 rings (SSSR count). The van der Waals surface area contributed by atoms with Crippen LogP contribution in [0.2, 0.25) is 0 Å². The number of carbonyl (C=O) groups excluding carboxylic acids is 2. The Morgan fingerprint density at radius 1 is 1.27 bits per heavy atom. The van der Waals surface area contributed by atoms with Crippen molar-refractivity contribution < 1.29 is 14.7 Å². The molecule has 132 valence electrons. The van der Waals surface area contributed by atoms with Crippen LogP contribution in [0.1, 0.15) is 41.5 Å². The van der Waals surface area contributed by atoms with Crippen molar-refractivity contribution in [3.8, 4) is 0 Å². The number of hydrogen-bond donors (Lipinski definition) is 3. The van der Waals surface area contributed by atoms with Gasteiger partial charge < -0.3 is 20.6 Å². The van der Waals surface area contributed by atoms with Crippen LogP contribution in [0, 0.1) is 11.8 Å². The van der Waals surface area contributed by atoms with Crippen LogP contribution in [0.15, 0.2) is 0 Å². The van der Waals surface area contributed by atoms with Crippen LogP contribution < -0.4 is 10.6 Å². The minimum atomic E-state index is -0.722. The van der Waals surface area contributed by atoms with Crippen LogP contribution in [0.3, 0.4) is 0 Å². The van der Waals surface area contributed by atoms with E-state index in [1.807, 2.05) is 46.7 Å². The Kier molecular flexibility index (Phi) is 13.0. The summed E-state index contributed by atoms with van der Waals surface area (Å²) < 4.78 is 0. The van der Waals surface area contributed by atoms with E-state index in [2.05, 4.69) is 10.6 Å². The number of hydrogen-bond acceptors (Lipinski definition) is 4. The number of likely N-dealkylation sites (N-methyl/N-ethyl adjacent to an activating group) is 1. The third kappa shape index (κ3) is 7.22. The summed E-state index contributed by atoms with van der Waals surface area (Å²) in [5.74, 6) is -1.07. The molecule has 1 saturated heterocycles. The monoisotopic (exact) mass is 317 g/mol. The van der Waals surface area contributed by atoms with Crippen LogP contribution in [-0.2, 0) is 9.59 Å². The van der Waals surface area contributed by atoms with Crippen molar-refractivity contribution in [3.63, 3.8) is 0 Å². The number of β-lactam (4-membered cyclic amide) rings is 1. The molecule has 0 spiro atoms. The predicted octanol–water partition coefficient (Wildman–Crippen LogP) is 0.848. The van der Waals surface area contributed by atoms with Crippen molar-refractivity contribution >= 4 is 11.8 Å². The summed E-state index contributed by atoms with van der Waals surface area (Å²) in [6.45, 7) is 12.7. The zero-order valence-corrected chi connectivity index (χ0v) is 15.4. The van der Waals surface area contributed by atoms with Gasteiger partial charge in [-0.05, 0) is 21.0 Å². The maximum Gasteiger partial charge on any atom is 0.228 e. The molecule has 0 aromatic rings. The van der Waals surface area contributed by atoms with Gasteiger partial charge in [-0.2, -0.15) is 0 Å². The van der Waals surface area contributed by atoms with E-state index in [1.54, 1.807) is 13.8 Å². The summed E-state index contributed by atoms with van der Waals surface area (Å²) in [5, 5.41) is 15.0. The summed E-state index contributed by atoms with van der Waals surface area (Å²) in [7, 11) is 3.87. The summed E-state index contributed by atoms with van der Waals surface area (Å²) in [6.07, 6.45) is -0.722. The van der Waals surface area contributed by atoms with Crippen LogP contribution in [0.5, 0.6) is 0 Å². The molecule has 0 saturated carbocycles. The van der Waals surface area contributed by atoms with E-state index in [0.29, 0.717) is 6.54 Å². The van der Waals surface area contributed by atoms with E-state index in [1.165, 1.54) is 0 Å². The van der Waals surface area contributed by atoms with Crippen molar-refractivity contribution in [2.24, 2.45) is 11.8 Å². The minimum Gasteiger partial charge on any atom is -0.393 e. The first-order chi connectivity index (χ1) is 10.3. The van der Waals surface area contributed by atoms with E-state index in [4.69, 9.17) is 0 Å². The molecule has 3 N–H and O–H groups in total. The molecule has 6 nitrogen and oxygen atoms in total. The molecule has 2 amide bonds.